The fourth-order valence-electron chi connectivity index (χ4n) is 0.452. The molecule has 0 N–H and O–H groups in total. The van der Waals surface area contributed by atoms with E-state index in [9.17, 15) is 4.39 Å². The van der Waals surface area contributed by atoms with Crippen molar-refractivity contribution in [2.75, 3.05) is 6.26 Å². The van der Waals surface area contributed by atoms with Crippen LogP contribution in [0.25, 0.3) is 0 Å². The molecule has 0 aliphatic heterocycles. The highest BCUT2D eigenvalue weighted by atomic mass is 32.2. The van der Waals surface area contributed by atoms with Crippen molar-refractivity contribution in [2.24, 2.45) is 0 Å². The maximum absolute atomic E-state index is 12.4. The molecule has 4 heteroatoms. The minimum atomic E-state index is -0.356. The molecule has 0 fully saturated rings. The van der Waals surface area contributed by atoms with E-state index in [2.05, 4.69) is 9.97 Å². The third-order valence-electron chi connectivity index (χ3n) is 0.827. The number of rotatable bonds is 1. The first-order chi connectivity index (χ1) is 4.34. The molecular formula is C5H5FN2S. The van der Waals surface area contributed by atoms with Gasteiger partial charge in [-0.15, -0.1) is 11.8 Å². The average Bonchev–Trinajstić information content (AvgIpc) is 1.89. The zero-order valence-corrected chi connectivity index (χ0v) is 5.65. The average molecular weight is 144 g/mol. The Morgan fingerprint density at radius 3 is 2.89 bits per heavy atom. The Bertz CT molecular complexity index is 204. The van der Waals surface area contributed by atoms with E-state index in [4.69, 9.17) is 0 Å². The van der Waals surface area contributed by atoms with Crippen molar-refractivity contribution in [3.8, 4) is 0 Å². The second kappa shape index (κ2) is 2.77. The molecule has 0 unspecified atom stereocenters. The monoisotopic (exact) mass is 144 g/mol. The van der Waals surface area contributed by atoms with Gasteiger partial charge in [-0.2, -0.15) is 0 Å². The highest BCUT2D eigenvalue weighted by Gasteiger charge is 1.97. The second-order valence-electron chi connectivity index (χ2n) is 1.38. The second-order valence-corrected chi connectivity index (χ2v) is 2.17. The van der Waals surface area contributed by atoms with Crippen molar-refractivity contribution < 1.29 is 4.39 Å². The van der Waals surface area contributed by atoms with Crippen molar-refractivity contribution in [1.82, 2.24) is 9.97 Å². The van der Waals surface area contributed by atoms with E-state index in [0.717, 1.165) is 6.20 Å². The Morgan fingerprint density at radius 2 is 2.44 bits per heavy atom. The van der Waals surface area contributed by atoms with Crippen LogP contribution in [0.15, 0.2) is 17.6 Å². The van der Waals surface area contributed by atoms with E-state index in [1.807, 2.05) is 0 Å². The van der Waals surface area contributed by atoms with E-state index in [0.29, 0.717) is 5.03 Å². The molecule has 0 aliphatic carbocycles. The molecule has 0 saturated heterocycles. The topological polar surface area (TPSA) is 25.8 Å². The lowest BCUT2D eigenvalue weighted by molar-refractivity contribution is 0.579. The van der Waals surface area contributed by atoms with Crippen LogP contribution in [0.4, 0.5) is 4.39 Å². The Hall–Kier alpha value is -0.640. The molecule has 1 aromatic heterocycles. The van der Waals surface area contributed by atoms with Gasteiger partial charge in [0.2, 0.25) is 0 Å². The molecule has 1 aromatic rings. The Balaban J connectivity index is 3.01. The molecule has 48 valence electrons. The summed E-state index contributed by atoms with van der Waals surface area (Å²) >= 11 is 1.27. The quantitative estimate of drug-likeness (QED) is 0.439. The third kappa shape index (κ3) is 1.38. The van der Waals surface area contributed by atoms with Crippen LogP contribution in [0.5, 0.6) is 0 Å². The normalized spacial score (nSPS) is 9.56. The summed E-state index contributed by atoms with van der Waals surface area (Å²) in [4.78, 5) is 7.17. The standard InChI is InChI=1S/C5H5FN2S/c1-9-5-4(6)2-7-3-8-5/h2-3H,1H3. The molecule has 0 saturated carbocycles. The fourth-order valence-corrected chi connectivity index (χ4v) is 0.852. The van der Waals surface area contributed by atoms with Crippen LogP contribution in [-0.2, 0) is 0 Å². The van der Waals surface area contributed by atoms with Crippen molar-refractivity contribution in [3.63, 3.8) is 0 Å². The van der Waals surface area contributed by atoms with Crippen molar-refractivity contribution >= 4 is 11.8 Å². The molecule has 0 atom stereocenters. The summed E-state index contributed by atoms with van der Waals surface area (Å²) in [5.41, 5.74) is 0. The van der Waals surface area contributed by atoms with E-state index >= 15 is 0 Å². The van der Waals surface area contributed by atoms with Gasteiger partial charge in [-0.1, -0.05) is 0 Å². The van der Waals surface area contributed by atoms with Crippen LogP contribution in [0.1, 0.15) is 0 Å². The molecular weight excluding hydrogens is 139 g/mol. The number of hydrogen-bond donors (Lipinski definition) is 0. The van der Waals surface area contributed by atoms with Crippen molar-refractivity contribution in [2.45, 2.75) is 5.03 Å². The molecule has 0 amide bonds. The van der Waals surface area contributed by atoms with Gasteiger partial charge in [0.1, 0.15) is 11.4 Å². The van der Waals surface area contributed by atoms with Crippen LogP contribution in [-0.4, -0.2) is 16.2 Å². The molecule has 1 heterocycles. The van der Waals surface area contributed by atoms with Crippen LogP contribution in [0.3, 0.4) is 0 Å². The van der Waals surface area contributed by atoms with Crippen LogP contribution in [0.2, 0.25) is 0 Å². The van der Waals surface area contributed by atoms with E-state index in [1.165, 1.54) is 18.1 Å². The number of halogens is 1. The fraction of sp³-hybridized carbons (Fsp3) is 0.200. The van der Waals surface area contributed by atoms with Gasteiger partial charge in [-0.05, 0) is 6.26 Å². The zero-order chi connectivity index (χ0) is 6.69. The lowest BCUT2D eigenvalue weighted by Crippen LogP contribution is -1.85. The minimum Gasteiger partial charge on any atom is -0.242 e. The van der Waals surface area contributed by atoms with Gasteiger partial charge in [0.05, 0.1) is 6.20 Å². The summed E-state index contributed by atoms with van der Waals surface area (Å²) in [5.74, 6) is -0.356. The van der Waals surface area contributed by atoms with E-state index in [1.54, 1.807) is 6.26 Å². The van der Waals surface area contributed by atoms with E-state index < -0.39 is 0 Å². The predicted octanol–water partition coefficient (Wildman–Crippen LogP) is 1.34. The van der Waals surface area contributed by atoms with E-state index in [-0.39, 0.29) is 5.82 Å². The summed E-state index contributed by atoms with van der Waals surface area (Å²) < 4.78 is 12.4. The molecule has 0 spiro atoms. The lowest BCUT2D eigenvalue weighted by atomic mass is 10.6. The van der Waals surface area contributed by atoms with Crippen molar-refractivity contribution in [3.05, 3.63) is 18.3 Å². The first-order valence-electron chi connectivity index (χ1n) is 2.34. The lowest BCUT2D eigenvalue weighted by Gasteiger charge is -1.92. The van der Waals surface area contributed by atoms with Gasteiger partial charge >= 0.3 is 0 Å². The third-order valence-corrected chi connectivity index (χ3v) is 1.51. The van der Waals surface area contributed by atoms with Crippen molar-refractivity contribution in [1.29, 1.82) is 0 Å². The van der Waals surface area contributed by atoms with Gasteiger partial charge in [0, 0.05) is 0 Å². The first kappa shape index (κ1) is 6.48. The maximum atomic E-state index is 12.4. The Kier molecular flexibility index (Phi) is 2.00. The zero-order valence-electron chi connectivity index (χ0n) is 4.84. The molecule has 1 rings (SSSR count). The summed E-state index contributed by atoms with van der Waals surface area (Å²) in [6.45, 7) is 0. The van der Waals surface area contributed by atoms with Gasteiger partial charge in [0.25, 0.3) is 0 Å². The predicted molar refractivity (Wildman–Crippen MR) is 33.8 cm³/mol. The van der Waals surface area contributed by atoms with Crippen LogP contribution in [0, 0.1) is 5.82 Å². The summed E-state index contributed by atoms with van der Waals surface area (Å²) in [7, 11) is 0. The van der Waals surface area contributed by atoms with Gasteiger partial charge in [-0.25, -0.2) is 14.4 Å². The molecule has 0 aromatic carbocycles. The molecule has 2 nitrogen and oxygen atoms in total. The largest absolute Gasteiger partial charge is 0.242 e. The highest BCUT2D eigenvalue weighted by Crippen LogP contribution is 2.12. The van der Waals surface area contributed by atoms with Gasteiger partial charge in [-0.3, -0.25) is 0 Å². The number of hydrogen-bond acceptors (Lipinski definition) is 3. The number of thioether (sulfide) groups is 1. The van der Waals surface area contributed by atoms with Crippen LogP contribution < -0.4 is 0 Å². The van der Waals surface area contributed by atoms with Crippen LogP contribution >= 0.6 is 11.8 Å². The smallest absolute Gasteiger partial charge is 0.173 e. The summed E-state index contributed by atoms with van der Waals surface area (Å²) in [6.07, 6.45) is 4.25. The first-order valence-corrected chi connectivity index (χ1v) is 3.56. The molecule has 9 heavy (non-hydrogen) atoms. The Labute approximate surface area is 56.5 Å². The number of nitrogens with zero attached hydrogens (tertiary/aromatic N) is 2. The minimum absolute atomic E-state index is 0.356. The van der Waals surface area contributed by atoms with Gasteiger partial charge < -0.3 is 0 Å². The molecule has 0 bridgehead atoms. The summed E-state index contributed by atoms with van der Waals surface area (Å²) in [6, 6.07) is 0. The molecule has 0 aliphatic rings. The van der Waals surface area contributed by atoms with Gasteiger partial charge in [0.15, 0.2) is 5.82 Å². The summed E-state index contributed by atoms with van der Waals surface area (Å²) in [5, 5.41) is 0.394. The Morgan fingerprint density at radius 1 is 1.67 bits per heavy atom. The molecule has 0 radical (unpaired) electrons. The SMILES string of the molecule is CSc1ncncc1F. The maximum Gasteiger partial charge on any atom is 0.173 e. The highest BCUT2D eigenvalue weighted by molar-refractivity contribution is 7.98. The number of aromatic nitrogens is 2.